The summed E-state index contributed by atoms with van der Waals surface area (Å²) in [4.78, 5) is 0. The molecule has 4 N–H and O–H groups in total. The second-order valence-corrected chi connectivity index (χ2v) is 5.62. The van der Waals surface area contributed by atoms with Crippen LogP contribution < -0.4 is 11.1 Å². The molecular weight excluding hydrogens is 216 g/mol. The van der Waals surface area contributed by atoms with E-state index >= 15 is 0 Å². The Kier molecular flexibility index (Phi) is 4.79. The highest BCUT2D eigenvalue weighted by Gasteiger charge is 2.36. The number of aliphatic hydroxyl groups is 1. The molecule has 2 fully saturated rings. The van der Waals surface area contributed by atoms with E-state index < -0.39 is 0 Å². The maximum Gasteiger partial charge on any atom is 0.0660 e. The van der Waals surface area contributed by atoms with Crippen molar-refractivity contribution in [2.75, 3.05) is 26.4 Å². The molecule has 17 heavy (non-hydrogen) atoms. The first kappa shape index (κ1) is 13.3. The van der Waals surface area contributed by atoms with Crippen LogP contribution in [0.1, 0.15) is 38.5 Å². The molecule has 1 saturated carbocycles. The number of hydrogen-bond acceptors (Lipinski definition) is 4. The first-order valence-corrected chi connectivity index (χ1v) is 6.96. The van der Waals surface area contributed by atoms with Gasteiger partial charge in [-0.3, -0.25) is 0 Å². The average molecular weight is 242 g/mol. The van der Waals surface area contributed by atoms with Crippen molar-refractivity contribution in [3.8, 4) is 0 Å². The lowest BCUT2D eigenvalue weighted by Crippen LogP contribution is -2.61. The minimum Gasteiger partial charge on any atom is -0.396 e. The molecule has 0 aromatic heterocycles. The zero-order valence-corrected chi connectivity index (χ0v) is 10.7. The minimum absolute atomic E-state index is 0.0479. The number of ether oxygens (including phenoxy) is 1. The molecule has 0 spiro atoms. The summed E-state index contributed by atoms with van der Waals surface area (Å²) in [6, 6.07) is 0.416. The second-order valence-electron chi connectivity index (χ2n) is 5.62. The molecule has 0 radical (unpaired) electrons. The third-order valence-electron chi connectivity index (χ3n) is 4.35. The Morgan fingerprint density at radius 2 is 2.12 bits per heavy atom. The summed E-state index contributed by atoms with van der Waals surface area (Å²) < 4.78 is 5.58. The lowest BCUT2D eigenvalue weighted by Gasteiger charge is -2.43. The smallest absolute Gasteiger partial charge is 0.0660 e. The van der Waals surface area contributed by atoms with Crippen LogP contribution in [0, 0.1) is 5.92 Å². The molecule has 1 saturated heterocycles. The number of aliphatic hydroxyl groups excluding tert-OH is 1. The predicted octanol–water partition coefficient (Wildman–Crippen LogP) is 0.635. The van der Waals surface area contributed by atoms with E-state index in [9.17, 15) is 5.11 Å². The molecule has 0 aromatic rings. The van der Waals surface area contributed by atoms with Gasteiger partial charge in [0.1, 0.15) is 0 Å². The Bertz CT molecular complexity index is 229. The Labute approximate surface area is 104 Å². The van der Waals surface area contributed by atoms with Gasteiger partial charge in [-0.25, -0.2) is 0 Å². The fraction of sp³-hybridized carbons (Fsp3) is 1.00. The average Bonchev–Trinajstić information content (AvgIpc) is 2.40. The van der Waals surface area contributed by atoms with Crippen LogP contribution >= 0.6 is 0 Å². The van der Waals surface area contributed by atoms with Gasteiger partial charge in [-0.1, -0.05) is 12.8 Å². The van der Waals surface area contributed by atoms with Gasteiger partial charge in [0.25, 0.3) is 0 Å². The lowest BCUT2D eigenvalue weighted by atomic mass is 9.82. The summed E-state index contributed by atoms with van der Waals surface area (Å²) in [5.41, 5.74) is 5.89. The molecule has 4 nitrogen and oxygen atoms in total. The summed E-state index contributed by atoms with van der Waals surface area (Å²) in [5, 5.41) is 13.2. The summed E-state index contributed by atoms with van der Waals surface area (Å²) in [6.45, 7) is 2.50. The molecule has 0 amide bonds. The van der Waals surface area contributed by atoms with E-state index in [4.69, 9.17) is 10.5 Å². The standard InChI is InChI=1S/C13H26N2O2/c14-9-13(6-3-7-17-10-13)15-12-5-2-1-4-11(12)8-16/h11-12,15-16H,1-10,14H2. The van der Waals surface area contributed by atoms with Gasteiger partial charge in [-0.2, -0.15) is 0 Å². The van der Waals surface area contributed by atoms with Gasteiger partial charge in [-0.15, -0.1) is 0 Å². The maximum atomic E-state index is 9.45. The van der Waals surface area contributed by atoms with Crippen molar-refractivity contribution in [1.29, 1.82) is 0 Å². The van der Waals surface area contributed by atoms with Gasteiger partial charge in [0, 0.05) is 25.8 Å². The van der Waals surface area contributed by atoms with Crippen molar-refractivity contribution < 1.29 is 9.84 Å². The van der Waals surface area contributed by atoms with Gasteiger partial charge in [0.2, 0.25) is 0 Å². The highest BCUT2D eigenvalue weighted by atomic mass is 16.5. The highest BCUT2D eigenvalue weighted by molar-refractivity contribution is 4.96. The van der Waals surface area contributed by atoms with Crippen LogP contribution in [-0.4, -0.2) is 43.1 Å². The van der Waals surface area contributed by atoms with Crippen molar-refractivity contribution in [3.63, 3.8) is 0 Å². The van der Waals surface area contributed by atoms with Crippen molar-refractivity contribution >= 4 is 0 Å². The van der Waals surface area contributed by atoms with E-state index in [2.05, 4.69) is 5.32 Å². The maximum absolute atomic E-state index is 9.45. The predicted molar refractivity (Wildman–Crippen MR) is 67.8 cm³/mol. The zero-order valence-electron chi connectivity index (χ0n) is 10.7. The first-order chi connectivity index (χ1) is 8.29. The highest BCUT2D eigenvalue weighted by Crippen LogP contribution is 2.28. The Balaban J connectivity index is 1.96. The van der Waals surface area contributed by atoms with E-state index in [-0.39, 0.29) is 5.54 Å². The van der Waals surface area contributed by atoms with Gasteiger partial charge >= 0.3 is 0 Å². The van der Waals surface area contributed by atoms with Crippen LogP contribution in [0.15, 0.2) is 0 Å². The molecule has 4 heteroatoms. The van der Waals surface area contributed by atoms with Gasteiger partial charge in [-0.05, 0) is 31.6 Å². The molecule has 2 aliphatic rings. The van der Waals surface area contributed by atoms with Gasteiger partial charge in [0.05, 0.1) is 12.1 Å². The van der Waals surface area contributed by atoms with Crippen LogP contribution in [0.5, 0.6) is 0 Å². The fourth-order valence-electron chi connectivity index (χ4n) is 3.20. The van der Waals surface area contributed by atoms with E-state index in [0.717, 1.165) is 38.9 Å². The van der Waals surface area contributed by atoms with Crippen molar-refractivity contribution in [3.05, 3.63) is 0 Å². The minimum atomic E-state index is -0.0479. The SMILES string of the molecule is NCC1(NC2CCCCC2CO)CCCOC1. The quantitative estimate of drug-likeness (QED) is 0.676. The van der Waals surface area contributed by atoms with E-state index in [1.165, 1.54) is 12.8 Å². The molecule has 3 unspecified atom stereocenters. The number of nitrogens with two attached hydrogens (primary N) is 1. The number of nitrogens with one attached hydrogen (secondary N) is 1. The Morgan fingerprint density at radius 1 is 1.29 bits per heavy atom. The summed E-state index contributed by atoms with van der Waals surface area (Å²) in [7, 11) is 0. The Hall–Kier alpha value is -0.160. The van der Waals surface area contributed by atoms with Crippen LogP contribution in [0.4, 0.5) is 0 Å². The number of hydrogen-bond donors (Lipinski definition) is 3. The monoisotopic (exact) mass is 242 g/mol. The molecule has 100 valence electrons. The summed E-state index contributed by atoms with van der Waals surface area (Å²) in [6.07, 6.45) is 6.98. The third kappa shape index (κ3) is 3.19. The molecule has 0 bridgehead atoms. The topological polar surface area (TPSA) is 67.5 Å². The van der Waals surface area contributed by atoms with Crippen molar-refractivity contribution in [1.82, 2.24) is 5.32 Å². The molecule has 0 aromatic carbocycles. The van der Waals surface area contributed by atoms with Gasteiger partial charge < -0.3 is 20.9 Å². The van der Waals surface area contributed by atoms with Gasteiger partial charge in [0.15, 0.2) is 0 Å². The van der Waals surface area contributed by atoms with E-state index in [1.54, 1.807) is 0 Å². The summed E-state index contributed by atoms with van der Waals surface area (Å²) >= 11 is 0. The summed E-state index contributed by atoms with van der Waals surface area (Å²) in [5.74, 6) is 0.397. The van der Waals surface area contributed by atoms with Crippen LogP contribution in [0.25, 0.3) is 0 Å². The lowest BCUT2D eigenvalue weighted by molar-refractivity contribution is 0.00760. The molecule has 2 rings (SSSR count). The molecular formula is C13H26N2O2. The van der Waals surface area contributed by atoms with E-state index in [1.807, 2.05) is 0 Å². The van der Waals surface area contributed by atoms with Crippen LogP contribution in [0.2, 0.25) is 0 Å². The number of rotatable bonds is 4. The second kappa shape index (κ2) is 6.14. The van der Waals surface area contributed by atoms with Crippen LogP contribution in [-0.2, 0) is 4.74 Å². The largest absolute Gasteiger partial charge is 0.396 e. The molecule has 3 atom stereocenters. The van der Waals surface area contributed by atoms with Crippen molar-refractivity contribution in [2.45, 2.75) is 50.1 Å². The molecule has 1 aliphatic carbocycles. The zero-order chi connectivity index (χ0) is 12.1. The fourth-order valence-corrected chi connectivity index (χ4v) is 3.20. The van der Waals surface area contributed by atoms with E-state index in [0.29, 0.717) is 25.1 Å². The van der Waals surface area contributed by atoms with Crippen LogP contribution in [0.3, 0.4) is 0 Å². The first-order valence-electron chi connectivity index (χ1n) is 6.96. The normalized spacial score (nSPS) is 39.2. The Morgan fingerprint density at radius 3 is 2.76 bits per heavy atom. The molecule has 1 heterocycles. The van der Waals surface area contributed by atoms with Crippen molar-refractivity contribution in [2.24, 2.45) is 11.7 Å². The third-order valence-corrected chi connectivity index (χ3v) is 4.35. The molecule has 1 aliphatic heterocycles.